The number of fused-ring (bicyclic) bond motifs is 1. The van der Waals surface area contributed by atoms with E-state index >= 15 is 0 Å². The summed E-state index contributed by atoms with van der Waals surface area (Å²) in [5.41, 5.74) is 8.71. The van der Waals surface area contributed by atoms with Gasteiger partial charge in [0, 0.05) is 49.2 Å². The molecule has 7 nitrogen and oxygen atoms in total. The molecule has 1 fully saturated rings. The zero-order chi connectivity index (χ0) is 29.0. The van der Waals surface area contributed by atoms with Crippen LogP contribution in [0.15, 0.2) is 42.5 Å². The van der Waals surface area contributed by atoms with E-state index in [0.717, 1.165) is 55.7 Å². The number of halogens is 3. The Labute approximate surface area is 233 Å². The molecule has 0 radical (unpaired) electrons. The molecule has 0 spiro atoms. The molecule has 0 aliphatic carbocycles. The highest BCUT2D eigenvalue weighted by Crippen LogP contribution is 2.34. The molecular weight excluding hydrogens is 519 g/mol. The fraction of sp³-hybridized carbons (Fsp3) is 0.433. The predicted molar refractivity (Wildman–Crippen MR) is 150 cm³/mol. The number of piperidine rings is 1. The van der Waals surface area contributed by atoms with Crippen molar-refractivity contribution in [2.75, 3.05) is 29.9 Å². The number of hydrogen-bond donors (Lipinski definition) is 2. The number of anilines is 3. The molecule has 3 aromatic rings. The zero-order valence-corrected chi connectivity index (χ0v) is 23.3. The molecular formula is C30H36F3N5O2. The Kier molecular flexibility index (Phi) is 8.98. The fourth-order valence-corrected chi connectivity index (χ4v) is 5.58. The minimum absolute atomic E-state index is 0.559. The van der Waals surface area contributed by atoms with Crippen LogP contribution in [0.3, 0.4) is 0 Å². The van der Waals surface area contributed by atoms with Crippen LogP contribution in [0.1, 0.15) is 46.4 Å². The number of aromatic nitrogens is 2. The summed E-state index contributed by atoms with van der Waals surface area (Å²) >= 11 is 0. The van der Waals surface area contributed by atoms with Gasteiger partial charge in [-0.15, -0.1) is 0 Å². The van der Waals surface area contributed by atoms with Gasteiger partial charge in [-0.05, 0) is 63.6 Å². The van der Waals surface area contributed by atoms with Crippen LogP contribution in [-0.4, -0.2) is 57.8 Å². The van der Waals surface area contributed by atoms with E-state index in [1.165, 1.54) is 40.7 Å². The third-order valence-corrected chi connectivity index (χ3v) is 7.47. The average molecular weight is 556 g/mol. The Morgan fingerprint density at radius 1 is 1.00 bits per heavy atom. The molecule has 1 aromatic heterocycles. The van der Waals surface area contributed by atoms with E-state index < -0.39 is 12.1 Å². The van der Waals surface area contributed by atoms with Crippen molar-refractivity contribution in [3.63, 3.8) is 0 Å². The summed E-state index contributed by atoms with van der Waals surface area (Å²) in [6, 6.07) is 15.8. The van der Waals surface area contributed by atoms with Gasteiger partial charge in [-0.2, -0.15) is 18.2 Å². The monoisotopic (exact) mass is 555 g/mol. The second-order valence-corrected chi connectivity index (χ2v) is 10.6. The number of carboxylic acids is 1. The Morgan fingerprint density at radius 3 is 2.17 bits per heavy atom. The number of benzene rings is 2. The van der Waals surface area contributed by atoms with Gasteiger partial charge in [-0.25, -0.2) is 9.78 Å². The quantitative estimate of drug-likeness (QED) is 0.393. The van der Waals surface area contributed by atoms with E-state index in [1.807, 2.05) is 0 Å². The van der Waals surface area contributed by atoms with E-state index in [2.05, 4.69) is 85.3 Å². The summed E-state index contributed by atoms with van der Waals surface area (Å²) in [6.45, 7) is 13.0. The molecule has 0 amide bonds. The van der Waals surface area contributed by atoms with Gasteiger partial charge in [-0.3, -0.25) is 4.90 Å². The number of alkyl halides is 3. The Hall–Kier alpha value is -3.66. The summed E-state index contributed by atoms with van der Waals surface area (Å²) in [6.07, 6.45) is -1.66. The van der Waals surface area contributed by atoms with Crippen molar-refractivity contribution in [3.05, 3.63) is 76.0 Å². The van der Waals surface area contributed by atoms with Crippen LogP contribution < -0.4 is 10.2 Å². The smallest absolute Gasteiger partial charge is 0.475 e. The summed E-state index contributed by atoms with van der Waals surface area (Å²) in [4.78, 5) is 23.9. The van der Waals surface area contributed by atoms with Crippen molar-refractivity contribution in [2.24, 2.45) is 0 Å². The number of nitrogens with one attached hydrogen (secondary N) is 1. The van der Waals surface area contributed by atoms with E-state index in [0.29, 0.717) is 6.04 Å². The number of aliphatic carboxylic acids is 1. The first-order chi connectivity index (χ1) is 18.9. The van der Waals surface area contributed by atoms with Crippen LogP contribution in [0, 0.1) is 27.7 Å². The predicted octanol–water partition coefficient (Wildman–Crippen LogP) is 6.11. The molecule has 5 rings (SSSR count). The molecule has 0 saturated carbocycles. The molecule has 0 bridgehead atoms. The first-order valence-corrected chi connectivity index (χ1v) is 13.5. The van der Waals surface area contributed by atoms with Gasteiger partial charge < -0.3 is 15.3 Å². The highest BCUT2D eigenvalue weighted by Gasteiger charge is 2.38. The third kappa shape index (κ3) is 7.10. The van der Waals surface area contributed by atoms with Gasteiger partial charge >= 0.3 is 12.1 Å². The summed E-state index contributed by atoms with van der Waals surface area (Å²) in [7, 11) is 0. The lowest BCUT2D eigenvalue weighted by Gasteiger charge is -2.37. The Bertz CT molecular complexity index is 1320. The lowest BCUT2D eigenvalue weighted by atomic mass is 10.0. The number of likely N-dealkylation sites (tertiary alicyclic amines) is 1. The molecule has 2 aromatic carbocycles. The van der Waals surface area contributed by atoms with Crippen molar-refractivity contribution in [2.45, 2.75) is 65.7 Å². The maximum atomic E-state index is 10.6. The molecule has 40 heavy (non-hydrogen) atoms. The van der Waals surface area contributed by atoms with E-state index in [4.69, 9.17) is 19.9 Å². The van der Waals surface area contributed by atoms with Crippen molar-refractivity contribution >= 4 is 23.4 Å². The van der Waals surface area contributed by atoms with Crippen molar-refractivity contribution in [1.29, 1.82) is 0 Å². The third-order valence-electron chi connectivity index (χ3n) is 7.47. The highest BCUT2D eigenvalue weighted by atomic mass is 19.4. The normalized spacial score (nSPS) is 15.8. The number of nitrogens with zero attached hydrogens (tertiary/aromatic N) is 4. The molecule has 2 N–H and O–H groups in total. The standard InChI is InChI=1S/C28H35N5.C2HF3O2/c1-19-16-20(2)26(21(3)17-19)30-28-29-22(4)25-12-15-33(27(25)31-28)24-10-13-32(14-11-24)18-23-8-6-5-7-9-23;3-2(4,5)1(6)7/h5-9,16-17,24H,10-15,18H2,1-4H3,(H,29,30,31);(H,6,7). The fourth-order valence-electron chi connectivity index (χ4n) is 5.58. The highest BCUT2D eigenvalue weighted by molar-refractivity contribution is 5.73. The summed E-state index contributed by atoms with van der Waals surface area (Å²) in [5.74, 6) is -0.892. The first-order valence-electron chi connectivity index (χ1n) is 13.5. The van der Waals surface area contributed by atoms with Gasteiger partial charge in [0.2, 0.25) is 5.95 Å². The second kappa shape index (κ2) is 12.2. The molecule has 214 valence electrons. The number of aryl methyl sites for hydroxylation is 4. The van der Waals surface area contributed by atoms with Gasteiger partial charge in [-0.1, -0.05) is 48.0 Å². The number of carbonyl (C=O) groups is 1. The Morgan fingerprint density at radius 2 is 1.60 bits per heavy atom. The molecule has 2 aliphatic heterocycles. The van der Waals surface area contributed by atoms with E-state index in [9.17, 15) is 13.2 Å². The molecule has 2 aliphatic rings. The van der Waals surface area contributed by atoms with Gasteiger partial charge in [0.05, 0.1) is 0 Å². The number of carboxylic acid groups (broad SMARTS) is 1. The maximum absolute atomic E-state index is 10.6. The minimum atomic E-state index is -5.08. The number of hydrogen-bond acceptors (Lipinski definition) is 6. The topological polar surface area (TPSA) is 81.6 Å². The van der Waals surface area contributed by atoms with Crippen LogP contribution in [0.4, 0.5) is 30.6 Å². The minimum Gasteiger partial charge on any atom is -0.475 e. The SMILES string of the molecule is Cc1cc(C)c(Nc2nc(C)c3c(n2)N(C2CCN(Cc4ccccc4)CC2)CC3)c(C)c1.O=C(O)C(F)(F)F. The van der Waals surface area contributed by atoms with Crippen molar-refractivity contribution in [1.82, 2.24) is 14.9 Å². The number of rotatable bonds is 5. The van der Waals surface area contributed by atoms with E-state index in [1.54, 1.807) is 0 Å². The molecule has 3 heterocycles. The van der Waals surface area contributed by atoms with Crippen molar-refractivity contribution in [3.8, 4) is 0 Å². The van der Waals surface area contributed by atoms with Crippen LogP contribution in [0.25, 0.3) is 0 Å². The largest absolute Gasteiger partial charge is 0.490 e. The van der Waals surface area contributed by atoms with Crippen LogP contribution in [0.5, 0.6) is 0 Å². The van der Waals surface area contributed by atoms with Gasteiger partial charge in [0.1, 0.15) is 5.82 Å². The first kappa shape index (κ1) is 29.3. The lowest BCUT2D eigenvalue weighted by molar-refractivity contribution is -0.192. The molecule has 0 atom stereocenters. The second-order valence-electron chi connectivity index (χ2n) is 10.6. The van der Waals surface area contributed by atoms with Crippen LogP contribution >= 0.6 is 0 Å². The molecule has 10 heteroatoms. The Balaban J connectivity index is 0.000000470. The van der Waals surface area contributed by atoms with Gasteiger partial charge in [0.15, 0.2) is 0 Å². The van der Waals surface area contributed by atoms with Gasteiger partial charge in [0.25, 0.3) is 0 Å². The zero-order valence-electron chi connectivity index (χ0n) is 23.3. The van der Waals surface area contributed by atoms with Crippen molar-refractivity contribution < 1.29 is 23.1 Å². The molecule has 0 unspecified atom stereocenters. The molecule has 1 saturated heterocycles. The summed E-state index contributed by atoms with van der Waals surface area (Å²) in [5, 5.41) is 10.7. The average Bonchev–Trinajstić information content (AvgIpc) is 3.32. The summed E-state index contributed by atoms with van der Waals surface area (Å²) < 4.78 is 31.7. The lowest BCUT2D eigenvalue weighted by Crippen LogP contribution is -2.44. The van der Waals surface area contributed by atoms with Crippen LogP contribution in [0.2, 0.25) is 0 Å². The van der Waals surface area contributed by atoms with E-state index in [-0.39, 0.29) is 0 Å². The maximum Gasteiger partial charge on any atom is 0.490 e. The van der Waals surface area contributed by atoms with Crippen LogP contribution in [-0.2, 0) is 17.8 Å².